The molecule has 0 bridgehead atoms. The molecule has 6 heteroatoms. The number of hydrogen-bond acceptors (Lipinski definition) is 5. The zero-order valence-corrected chi connectivity index (χ0v) is 16.2. The first kappa shape index (κ1) is 20.1. The SMILES string of the molecule is CCc1ccc2c(COC(=O)/C(=C/c3ccccc3)NC(C)=O)cc(=O)oc2c1. The fraction of sp³-hybridized carbons (Fsp3) is 0.174. The Labute approximate surface area is 167 Å². The molecule has 1 amide bonds. The molecular formula is C23H21NO5. The Bertz CT molecular complexity index is 1130. The first-order chi connectivity index (χ1) is 14.0. The molecule has 0 aliphatic carbocycles. The highest BCUT2D eigenvalue weighted by molar-refractivity contribution is 5.97. The molecule has 0 aliphatic heterocycles. The molecule has 2 aromatic carbocycles. The first-order valence-electron chi connectivity index (χ1n) is 9.23. The molecule has 3 aromatic rings. The topological polar surface area (TPSA) is 85.6 Å². The molecule has 29 heavy (non-hydrogen) atoms. The van der Waals surface area contributed by atoms with Crippen molar-refractivity contribution in [2.24, 2.45) is 0 Å². The molecule has 1 aromatic heterocycles. The number of aryl methyl sites for hydroxylation is 1. The smallest absolute Gasteiger partial charge is 0.355 e. The molecule has 0 radical (unpaired) electrons. The fourth-order valence-corrected chi connectivity index (χ4v) is 2.89. The van der Waals surface area contributed by atoms with Crippen molar-refractivity contribution in [3.05, 3.63) is 87.4 Å². The van der Waals surface area contributed by atoms with Crippen LogP contribution in [0.15, 0.2) is 69.5 Å². The van der Waals surface area contributed by atoms with Gasteiger partial charge >= 0.3 is 11.6 Å². The highest BCUT2D eigenvalue weighted by Crippen LogP contribution is 2.20. The predicted octanol–water partition coefficient (Wildman–Crippen LogP) is 3.58. The van der Waals surface area contributed by atoms with E-state index < -0.39 is 11.6 Å². The molecular weight excluding hydrogens is 370 g/mol. The number of carbonyl (C=O) groups excluding carboxylic acids is 2. The Morgan fingerprint density at radius 2 is 1.86 bits per heavy atom. The van der Waals surface area contributed by atoms with Gasteiger partial charge in [0, 0.05) is 23.9 Å². The van der Waals surface area contributed by atoms with Crippen LogP contribution in [0.5, 0.6) is 0 Å². The quantitative estimate of drug-likeness (QED) is 0.394. The molecule has 0 saturated carbocycles. The number of rotatable bonds is 6. The molecule has 0 fully saturated rings. The van der Waals surface area contributed by atoms with Gasteiger partial charge in [0.2, 0.25) is 5.91 Å². The molecule has 0 atom stereocenters. The average molecular weight is 391 g/mol. The van der Waals surface area contributed by atoms with Crippen molar-refractivity contribution in [2.75, 3.05) is 0 Å². The minimum atomic E-state index is -0.698. The van der Waals surface area contributed by atoms with Crippen LogP contribution in [0.25, 0.3) is 17.0 Å². The molecule has 1 heterocycles. The molecule has 1 N–H and O–H groups in total. The van der Waals surface area contributed by atoms with Crippen LogP contribution in [0.3, 0.4) is 0 Å². The van der Waals surface area contributed by atoms with Gasteiger partial charge in [0.05, 0.1) is 0 Å². The minimum Gasteiger partial charge on any atom is -0.456 e. The molecule has 148 valence electrons. The van der Waals surface area contributed by atoms with E-state index in [9.17, 15) is 14.4 Å². The van der Waals surface area contributed by atoms with Crippen LogP contribution in [-0.4, -0.2) is 11.9 Å². The summed E-state index contributed by atoms with van der Waals surface area (Å²) < 4.78 is 10.6. The summed E-state index contributed by atoms with van der Waals surface area (Å²) in [6.07, 6.45) is 2.35. The summed E-state index contributed by atoms with van der Waals surface area (Å²) in [5.41, 5.74) is 2.27. The van der Waals surface area contributed by atoms with E-state index >= 15 is 0 Å². The van der Waals surface area contributed by atoms with Gasteiger partial charge in [0.1, 0.15) is 17.9 Å². The second-order valence-corrected chi connectivity index (χ2v) is 6.50. The number of hydrogen-bond donors (Lipinski definition) is 1. The van der Waals surface area contributed by atoms with Gasteiger partial charge in [-0.05, 0) is 29.7 Å². The third-order valence-electron chi connectivity index (χ3n) is 4.30. The van der Waals surface area contributed by atoms with E-state index in [1.807, 2.05) is 37.3 Å². The summed E-state index contributed by atoms with van der Waals surface area (Å²) in [6, 6.07) is 16.0. The van der Waals surface area contributed by atoms with Crippen LogP contribution >= 0.6 is 0 Å². The van der Waals surface area contributed by atoms with Crippen molar-refractivity contribution in [2.45, 2.75) is 26.9 Å². The van der Waals surface area contributed by atoms with Gasteiger partial charge in [-0.2, -0.15) is 0 Å². The molecule has 6 nitrogen and oxygen atoms in total. The number of nitrogens with one attached hydrogen (secondary N) is 1. The van der Waals surface area contributed by atoms with Crippen molar-refractivity contribution in [1.29, 1.82) is 0 Å². The summed E-state index contributed by atoms with van der Waals surface area (Å²) in [5.74, 6) is -1.09. The van der Waals surface area contributed by atoms with Crippen LogP contribution in [0, 0.1) is 0 Å². The van der Waals surface area contributed by atoms with E-state index in [1.165, 1.54) is 19.1 Å². The van der Waals surface area contributed by atoms with Gasteiger partial charge in [-0.25, -0.2) is 9.59 Å². The Morgan fingerprint density at radius 1 is 1.10 bits per heavy atom. The third-order valence-corrected chi connectivity index (χ3v) is 4.30. The number of esters is 1. The van der Waals surface area contributed by atoms with E-state index in [-0.39, 0.29) is 18.2 Å². The van der Waals surface area contributed by atoms with E-state index in [0.717, 1.165) is 17.5 Å². The molecule has 3 rings (SSSR count). The van der Waals surface area contributed by atoms with Crippen molar-refractivity contribution < 1.29 is 18.7 Å². The monoisotopic (exact) mass is 391 g/mol. The fourth-order valence-electron chi connectivity index (χ4n) is 2.89. The zero-order chi connectivity index (χ0) is 20.8. The van der Waals surface area contributed by atoms with Gasteiger partial charge in [0.25, 0.3) is 0 Å². The zero-order valence-electron chi connectivity index (χ0n) is 16.2. The number of benzene rings is 2. The molecule has 0 saturated heterocycles. The lowest BCUT2D eigenvalue weighted by atomic mass is 10.1. The number of ether oxygens (including phenoxy) is 1. The second kappa shape index (κ2) is 9.01. The maximum absolute atomic E-state index is 12.6. The first-order valence-corrected chi connectivity index (χ1v) is 9.23. The van der Waals surface area contributed by atoms with Crippen molar-refractivity contribution in [3.8, 4) is 0 Å². The Morgan fingerprint density at radius 3 is 2.55 bits per heavy atom. The van der Waals surface area contributed by atoms with Gasteiger partial charge in [-0.3, -0.25) is 4.79 Å². The van der Waals surface area contributed by atoms with Crippen LogP contribution in [0.1, 0.15) is 30.5 Å². The van der Waals surface area contributed by atoms with Crippen molar-refractivity contribution >= 4 is 28.9 Å². The molecule has 0 aliphatic rings. The lowest BCUT2D eigenvalue weighted by Gasteiger charge is -2.11. The Hall–Kier alpha value is -3.67. The molecule has 0 unspecified atom stereocenters. The van der Waals surface area contributed by atoms with Gasteiger partial charge < -0.3 is 14.5 Å². The normalized spacial score (nSPS) is 11.3. The van der Waals surface area contributed by atoms with Crippen molar-refractivity contribution in [3.63, 3.8) is 0 Å². The third kappa shape index (κ3) is 5.19. The van der Waals surface area contributed by atoms with E-state index in [4.69, 9.17) is 9.15 Å². The van der Waals surface area contributed by atoms with Crippen LogP contribution < -0.4 is 10.9 Å². The second-order valence-electron chi connectivity index (χ2n) is 6.50. The van der Waals surface area contributed by atoms with Crippen LogP contribution in [0.2, 0.25) is 0 Å². The Kier molecular flexibility index (Phi) is 6.24. The maximum Gasteiger partial charge on any atom is 0.355 e. The highest BCUT2D eigenvalue weighted by atomic mass is 16.5. The van der Waals surface area contributed by atoms with Crippen molar-refractivity contribution in [1.82, 2.24) is 5.32 Å². The standard InChI is InChI=1S/C23H21NO5/c1-3-16-9-10-19-18(13-22(26)29-21(19)12-16)14-28-23(27)20(24-15(2)25)11-17-7-5-4-6-8-17/h4-13H,3,14H2,1-2H3,(H,24,25)/b20-11-. The van der Waals surface area contributed by atoms with Gasteiger partial charge in [0.15, 0.2) is 0 Å². The average Bonchev–Trinajstić information content (AvgIpc) is 2.71. The summed E-state index contributed by atoms with van der Waals surface area (Å²) in [5, 5.41) is 3.19. The summed E-state index contributed by atoms with van der Waals surface area (Å²) in [6.45, 7) is 3.19. The number of carbonyl (C=O) groups is 2. The van der Waals surface area contributed by atoms with Gasteiger partial charge in [-0.1, -0.05) is 49.4 Å². The van der Waals surface area contributed by atoms with E-state index in [2.05, 4.69) is 5.32 Å². The maximum atomic E-state index is 12.6. The van der Waals surface area contributed by atoms with Crippen LogP contribution in [0.4, 0.5) is 0 Å². The number of fused-ring (bicyclic) bond motifs is 1. The molecule has 0 spiro atoms. The summed E-state index contributed by atoms with van der Waals surface area (Å²) in [4.78, 5) is 36.0. The lowest BCUT2D eigenvalue weighted by Crippen LogP contribution is -2.26. The Balaban J connectivity index is 1.85. The highest BCUT2D eigenvalue weighted by Gasteiger charge is 2.15. The predicted molar refractivity (Wildman–Crippen MR) is 110 cm³/mol. The summed E-state index contributed by atoms with van der Waals surface area (Å²) >= 11 is 0. The summed E-state index contributed by atoms with van der Waals surface area (Å²) in [7, 11) is 0. The van der Waals surface area contributed by atoms with Crippen LogP contribution in [-0.2, 0) is 27.4 Å². The lowest BCUT2D eigenvalue weighted by molar-refractivity contribution is -0.141. The minimum absolute atomic E-state index is 0.0178. The van der Waals surface area contributed by atoms with Gasteiger partial charge in [-0.15, -0.1) is 0 Å². The van der Waals surface area contributed by atoms with E-state index in [0.29, 0.717) is 16.5 Å². The largest absolute Gasteiger partial charge is 0.456 e. The van der Waals surface area contributed by atoms with E-state index in [1.54, 1.807) is 18.2 Å². The number of amides is 1.